The maximum Gasteiger partial charge on any atom is 0.237 e. The van der Waals surface area contributed by atoms with Gasteiger partial charge in [0.05, 0.1) is 12.6 Å². The summed E-state index contributed by atoms with van der Waals surface area (Å²) in [7, 11) is 0. The lowest BCUT2D eigenvalue weighted by Crippen LogP contribution is -2.50. The first-order valence-electron chi connectivity index (χ1n) is 7.96. The fourth-order valence-electron chi connectivity index (χ4n) is 3.44. The number of piperidine rings is 1. The summed E-state index contributed by atoms with van der Waals surface area (Å²) in [6.45, 7) is 5.49. The Kier molecular flexibility index (Phi) is 4.62. The summed E-state index contributed by atoms with van der Waals surface area (Å²) in [5, 5.41) is 2.10. The number of amides is 1. The summed E-state index contributed by atoms with van der Waals surface area (Å²) in [5.41, 5.74) is 6.14. The van der Waals surface area contributed by atoms with Crippen LogP contribution >= 0.6 is 11.3 Å². The minimum absolute atomic E-state index is 0.207. The van der Waals surface area contributed by atoms with Gasteiger partial charge in [-0.1, -0.05) is 13.0 Å². The third-order valence-corrected chi connectivity index (χ3v) is 5.88. The molecule has 0 bridgehead atoms. The fraction of sp³-hybridized carbons (Fsp3) is 0.688. The monoisotopic (exact) mass is 307 g/mol. The highest BCUT2D eigenvalue weighted by atomic mass is 32.1. The maximum atomic E-state index is 12.7. The zero-order valence-electron chi connectivity index (χ0n) is 12.7. The molecule has 1 aromatic heterocycles. The van der Waals surface area contributed by atoms with E-state index < -0.39 is 0 Å². The lowest BCUT2D eigenvalue weighted by molar-refractivity contribution is -0.133. The highest BCUT2D eigenvalue weighted by Crippen LogP contribution is 2.34. The lowest BCUT2D eigenvalue weighted by atomic mass is 9.94. The van der Waals surface area contributed by atoms with E-state index in [2.05, 4.69) is 34.2 Å². The number of carbonyl (C=O) groups is 1. The molecule has 2 saturated heterocycles. The van der Waals surface area contributed by atoms with Crippen LogP contribution in [0.25, 0.3) is 0 Å². The molecule has 21 heavy (non-hydrogen) atoms. The second-order valence-electron chi connectivity index (χ2n) is 6.43. The van der Waals surface area contributed by atoms with E-state index in [0.717, 1.165) is 38.9 Å². The second kappa shape index (κ2) is 6.46. The molecule has 2 aliphatic heterocycles. The SMILES string of the molecule is CC1CCN(CC(=O)N2CCCC2c2cccs2)CC1N. The number of hydrogen-bond donors (Lipinski definition) is 1. The lowest BCUT2D eigenvalue weighted by Gasteiger charge is -2.36. The van der Waals surface area contributed by atoms with Crippen molar-refractivity contribution in [2.24, 2.45) is 11.7 Å². The molecule has 0 aliphatic carbocycles. The summed E-state index contributed by atoms with van der Waals surface area (Å²) in [6.07, 6.45) is 3.32. The molecule has 0 aromatic carbocycles. The molecule has 0 spiro atoms. The number of hydrogen-bond acceptors (Lipinski definition) is 4. The predicted octanol–water partition coefficient (Wildman–Crippen LogP) is 2.08. The Bertz CT molecular complexity index is 476. The Balaban J connectivity index is 1.60. The molecule has 2 fully saturated rings. The molecular formula is C16H25N3OS. The quantitative estimate of drug-likeness (QED) is 0.930. The van der Waals surface area contributed by atoms with Crippen LogP contribution in [0, 0.1) is 5.92 Å². The minimum Gasteiger partial charge on any atom is -0.334 e. The number of rotatable bonds is 3. The van der Waals surface area contributed by atoms with Gasteiger partial charge in [0.25, 0.3) is 0 Å². The molecule has 1 amide bonds. The van der Waals surface area contributed by atoms with Crippen molar-refractivity contribution in [2.75, 3.05) is 26.2 Å². The molecule has 3 atom stereocenters. The largest absolute Gasteiger partial charge is 0.334 e. The van der Waals surface area contributed by atoms with E-state index in [4.69, 9.17) is 5.73 Å². The van der Waals surface area contributed by atoms with Crippen LogP contribution in [0.3, 0.4) is 0 Å². The normalized spacial score (nSPS) is 30.8. The van der Waals surface area contributed by atoms with Crippen molar-refractivity contribution in [3.63, 3.8) is 0 Å². The smallest absolute Gasteiger partial charge is 0.237 e. The molecule has 2 N–H and O–H groups in total. The number of likely N-dealkylation sites (tertiary alicyclic amines) is 2. The van der Waals surface area contributed by atoms with Crippen LogP contribution in [0.5, 0.6) is 0 Å². The topological polar surface area (TPSA) is 49.6 Å². The van der Waals surface area contributed by atoms with Crippen LogP contribution in [0.1, 0.15) is 37.1 Å². The molecule has 116 valence electrons. The van der Waals surface area contributed by atoms with E-state index in [1.165, 1.54) is 4.88 Å². The molecule has 3 heterocycles. The first kappa shape index (κ1) is 15.0. The minimum atomic E-state index is 0.207. The highest BCUT2D eigenvalue weighted by molar-refractivity contribution is 7.10. The Hall–Kier alpha value is -0.910. The summed E-state index contributed by atoms with van der Waals surface area (Å²) >= 11 is 1.76. The van der Waals surface area contributed by atoms with E-state index in [1.54, 1.807) is 11.3 Å². The van der Waals surface area contributed by atoms with Crippen LogP contribution in [0.15, 0.2) is 17.5 Å². The highest BCUT2D eigenvalue weighted by Gasteiger charge is 2.32. The molecular weight excluding hydrogens is 282 g/mol. The van der Waals surface area contributed by atoms with Gasteiger partial charge in [-0.15, -0.1) is 11.3 Å². The standard InChI is InChI=1S/C16H25N3OS/c1-12-6-8-18(10-13(12)17)11-16(20)19-7-2-4-14(19)15-5-3-9-21-15/h3,5,9,12-14H,2,4,6-8,10-11,17H2,1H3. The maximum absolute atomic E-state index is 12.7. The number of carbonyl (C=O) groups excluding carboxylic acids is 1. The number of nitrogens with zero attached hydrogens (tertiary/aromatic N) is 2. The van der Waals surface area contributed by atoms with Crippen LogP contribution in [0.4, 0.5) is 0 Å². The zero-order chi connectivity index (χ0) is 14.8. The molecule has 4 nitrogen and oxygen atoms in total. The van der Waals surface area contributed by atoms with Gasteiger partial charge in [-0.25, -0.2) is 0 Å². The summed E-state index contributed by atoms with van der Waals surface area (Å²) in [4.78, 5) is 18.3. The van der Waals surface area contributed by atoms with E-state index in [1.807, 2.05) is 0 Å². The molecule has 3 unspecified atom stereocenters. The molecule has 3 rings (SSSR count). The fourth-order valence-corrected chi connectivity index (χ4v) is 4.31. The summed E-state index contributed by atoms with van der Waals surface area (Å²) in [5.74, 6) is 0.842. The first-order valence-corrected chi connectivity index (χ1v) is 8.84. The predicted molar refractivity (Wildman–Crippen MR) is 86.2 cm³/mol. The van der Waals surface area contributed by atoms with Gasteiger partial charge in [0.2, 0.25) is 5.91 Å². The van der Waals surface area contributed by atoms with Crippen molar-refractivity contribution in [3.8, 4) is 0 Å². The van der Waals surface area contributed by atoms with Gasteiger partial charge in [0, 0.05) is 24.0 Å². The number of thiophene rings is 1. The van der Waals surface area contributed by atoms with Crippen molar-refractivity contribution in [3.05, 3.63) is 22.4 Å². The first-order chi connectivity index (χ1) is 10.1. The van der Waals surface area contributed by atoms with Crippen molar-refractivity contribution >= 4 is 17.2 Å². The molecule has 5 heteroatoms. The van der Waals surface area contributed by atoms with Crippen LogP contribution in [-0.4, -0.2) is 47.9 Å². The van der Waals surface area contributed by atoms with Gasteiger partial charge in [-0.2, -0.15) is 0 Å². The Morgan fingerprint density at radius 2 is 2.29 bits per heavy atom. The zero-order valence-corrected chi connectivity index (χ0v) is 13.5. The van der Waals surface area contributed by atoms with Crippen molar-refractivity contribution in [1.29, 1.82) is 0 Å². The van der Waals surface area contributed by atoms with Gasteiger partial charge in [0.15, 0.2) is 0 Å². The molecule has 0 radical (unpaired) electrons. The molecule has 0 saturated carbocycles. The Morgan fingerprint density at radius 3 is 3.00 bits per heavy atom. The van der Waals surface area contributed by atoms with Gasteiger partial charge in [-0.05, 0) is 43.2 Å². The van der Waals surface area contributed by atoms with Gasteiger partial charge < -0.3 is 10.6 Å². The van der Waals surface area contributed by atoms with Crippen LogP contribution in [0.2, 0.25) is 0 Å². The summed E-state index contributed by atoms with van der Waals surface area (Å²) in [6, 6.07) is 4.74. The van der Waals surface area contributed by atoms with Crippen LogP contribution in [-0.2, 0) is 4.79 Å². The second-order valence-corrected chi connectivity index (χ2v) is 7.40. The van der Waals surface area contributed by atoms with Crippen molar-refractivity contribution in [1.82, 2.24) is 9.80 Å². The van der Waals surface area contributed by atoms with Gasteiger partial charge in [-0.3, -0.25) is 9.69 Å². The third-order valence-electron chi connectivity index (χ3n) is 4.90. The average Bonchev–Trinajstić information content (AvgIpc) is 3.12. The third kappa shape index (κ3) is 3.30. The van der Waals surface area contributed by atoms with Crippen molar-refractivity contribution < 1.29 is 4.79 Å². The van der Waals surface area contributed by atoms with Gasteiger partial charge >= 0.3 is 0 Å². The molecule has 1 aromatic rings. The molecule has 2 aliphatic rings. The van der Waals surface area contributed by atoms with Gasteiger partial charge in [0.1, 0.15) is 0 Å². The van der Waals surface area contributed by atoms with E-state index in [9.17, 15) is 4.79 Å². The average molecular weight is 307 g/mol. The van der Waals surface area contributed by atoms with E-state index in [-0.39, 0.29) is 11.9 Å². The van der Waals surface area contributed by atoms with E-state index >= 15 is 0 Å². The number of nitrogens with two attached hydrogens (primary N) is 1. The Morgan fingerprint density at radius 1 is 1.43 bits per heavy atom. The van der Waals surface area contributed by atoms with Crippen molar-refractivity contribution in [2.45, 2.75) is 38.3 Å². The Labute approximate surface area is 130 Å². The van der Waals surface area contributed by atoms with Crippen LogP contribution < -0.4 is 5.73 Å². The summed E-state index contributed by atoms with van der Waals surface area (Å²) < 4.78 is 0. The van der Waals surface area contributed by atoms with E-state index in [0.29, 0.717) is 18.5 Å².